The molecule has 1 amide bonds. The second-order valence-electron chi connectivity index (χ2n) is 8.26. The molecule has 6 heteroatoms. The SMILES string of the molecule is COCCN(C)C(=O)[C@H]1C[C@]2(CO1)CN(Cc1ccc(OC)cc1)c1ccccc12. The van der Waals surface area contributed by atoms with Gasteiger partial charge in [0.05, 0.1) is 20.3 Å². The van der Waals surface area contributed by atoms with Crippen molar-refractivity contribution in [2.24, 2.45) is 0 Å². The standard InChI is InChI=1S/C24H30N2O4/c1-25(12-13-28-2)23(27)22-14-24(17-30-22)16-26(21-7-5-4-6-20(21)24)15-18-8-10-19(29-3)11-9-18/h4-11,22H,12-17H2,1-3H3/t22-,24-/m1/s1. The maximum atomic E-state index is 12.9. The van der Waals surface area contributed by atoms with Crippen LogP contribution in [0.25, 0.3) is 0 Å². The first-order valence-electron chi connectivity index (χ1n) is 10.4. The minimum atomic E-state index is -0.402. The molecule has 2 aromatic rings. The van der Waals surface area contributed by atoms with Gasteiger partial charge in [-0.2, -0.15) is 0 Å². The summed E-state index contributed by atoms with van der Waals surface area (Å²) < 4.78 is 16.4. The third kappa shape index (κ3) is 3.89. The molecule has 2 aromatic carbocycles. The Morgan fingerprint density at radius 1 is 1.20 bits per heavy atom. The van der Waals surface area contributed by atoms with Crippen molar-refractivity contribution >= 4 is 11.6 Å². The molecule has 0 bridgehead atoms. The van der Waals surface area contributed by atoms with Crippen LogP contribution in [0.2, 0.25) is 0 Å². The quantitative estimate of drug-likeness (QED) is 0.703. The van der Waals surface area contributed by atoms with Crippen LogP contribution in [-0.2, 0) is 26.2 Å². The zero-order valence-electron chi connectivity index (χ0n) is 18.0. The molecule has 1 fully saturated rings. The molecule has 30 heavy (non-hydrogen) atoms. The highest BCUT2D eigenvalue weighted by Gasteiger charge is 2.50. The molecule has 1 saturated heterocycles. The molecular formula is C24H30N2O4. The summed E-state index contributed by atoms with van der Waals surface area (Å²) in [6.45, 7) is 3.33. The second-order valence-corrected chi connectivity index (χ2v) is 8.26. The van der Waals surface area contributed by atoms with E-state index in [0.29, 0.717) is 26.2 Å². The van der Waals surface area contributed by atoms with Crippen LogP contribution in [0.3, 0.4) is 0 Å². The van der Waals surface area contributed by atoms with Crippen LogP contribution < -0.4 is 9.64 Å². The first-order valence-corrected chi connectivity index (χ1v) is 10.4. The number of anilines is 1. The van der Waals surface area contributed by atoms with Gasteiger partial charge in [-0.05, 0) is 35.7 Å². The zero-order chi connectivity index (χ0) is 21.1. The number of hydrogen-bond donors (Lipinski definition) is 0. The van der Waals surface area contributed by atoms with E-state index in [2.05, 4.69) is 41.3 Å². The Kier molecular flexibility index (Phi) is 5.97. The Labute approximate surface area is 178 Å². The number of fused-ring (bicyclic) bond motifs is 2. The van der Waals surface area contributed by atoms with Gasteiger partial charge in [0.25, 0.3) is 5.91 Å². The third-order valence-electron chi connectivity index (χ3n) is 6.26. The summed E-state index contributed by atoms with van der Waals surface area (Å²) in [6.07, 6.45) is 0.306. The fourth-order valence-electron chi connectivity index (χ4n) is 4.60. The van der Waals surface area contributed by atoms with Crippen molar-refractivity contribution in [1.29, 1.82) is 0 Å². The summed E-state index contributed by atoms with van der Waals surface area (Å²) in [5, 5.41) is 0. The van der Waals surface area contributed by atoms with E-state index in [0.717, 1.165) is 18.8 Å². The summed E-state index contributed by atoms with van der Waals surface area (Å²) in [7, 11) is 5.14. The van der Waals surface area contributed by atoms with E-state index in [1.165, 1.54) is 16.8 Å². The Morgan fingerprint density at radius 2 is 1.97 bits per heavy atom. The number of ether oxygens (including phenoxy) is 3. The number of carbonyl (C=O) groups is 1. The highest BCUT2D eigenvalue weighted by molar-refractivity contribution is 5.81. The van der Waals surface area contributed by atoms with Crippen LogP contribution in [0.15, 0.2) is 48.5 Å². The predicted molar refractivity (Wildman–Crippen MR) is 116 cm³/mol. The molecule has 0 saturated carbocycles. The maximum Gasteiger partial charge on any atom is 0.251 e. The molecule has 0 N–H and O–H groups in total. The molecule has 6 nitrogen and oxygen atoms in total. The largest absolute Gasteiger partial charge is 0.497 e. The van der Waals surface area contributed by atoms with E-state index in [-0.39, 0.29) is 11.3 Å². The summed E-state index contributed by atoms with van der Waals surface area (Å²) in [5.41, 5.74) is 3.60. The van der Waals surface area contributed by atoms with Crippen LogP contribution in [0.5, 0.6) is 5.75 Å². The normalized spacial score (nSPS) is 22.4. The van der Waals surface area contributed by atoms with Gasteiger partial charge in [-0.1, -0.05) is 30.3 Å². The van der Waals surface area contributed by atoms with Gasteiger partial charge < -0.3 is 24.0 Å². The molecule has 2 heterocycles. The number of amides is 1. The van der Waals surface area contributed by atoms with E-state index in [9.17, 15) is 4.79 Å². The fourth-order valence-corrected chi connectivity index (χ4v) is 4.60. The molecule has 160 valence electrons. The Bertz CT molecular complexity index is 885. The minimum absolute atomic E-state index is 0.0370. The number of likely N-dealkylation sites (N-methyl/N-ethyl adjacent to an activating group) is 1. The zero-order valence-corrected chi connectivity index (χ0v) is 18.0. The highest BCUT2D eigenvalue weighted by Crippen LogP contribution is 2.47. The third-order valence-corrected chi connectivity index (χ3v) is 6.26. The molecule has 0 radical (unpaired) electrons. The monoisotopic (exact) mass is 410 g/mol. The predicted octanol–water partition coefficient (Wildman–Crippen LogP) is 2.85. The summed E-state index contributed by atoms with van der Waals surface area (Å²) in [6, 6.07) is 16.7. The molecule has 2 atom stereocenters. The van der Waals surface area contributed by atoms with Gasteiger partial charge in [0, 0.05) is 44.9 Å². The number of nitrogens with zero attached hydrogens (tertiary/aromatic N) is 2. The summed E-state index contributed by atoms with van der Waals surface area (Å²) >= 11 is 0. The van der Waals surface area contributed by atoms with E-state index in [1.54, 1.807) is 19.1 Å². The molecule has 1 spiro atoms. The van der Waals surface area contributed by atoms with Crippen molar-refractivity contribution in [2.75, 3.05) is 52.5 Å². The van der Waals surface area contributed by atoms with E-state index in [1.807, 2.05) is 19.2 Å². The average Bonchev–Trinajstić information content (AvgIpc) is 3.34. The average molecular weight is 411 g/mol. The molecule has 2 aliphatic rings. The number of carbonyl (C=O) groups excluding carboxylic acids is 1. The lowest BCUT2D eigenvalue weighted by Gasteiger charge is -2.25. The lowest BCUT2D eigenvalue weighted by Crippen LogP contribution is -2.39. The molecule has 0 aromatic heterocycles. The van der Waals surface area contributed by atoms with Gasteiger partial charge in [0.1, 0.15) is 11.9 Å². The Balaban J connectivity index is 1.51. The smallest absolute Gasteiger partial charge is 0.251 e. The first kappa shape index (κ1) is 20.7. The van der Waals surface area contributed by atoms with Crippen molar-refractivity contribution in [3.63, 3.8) is 0 Å². The van der Waals surface area contributed by atoms with Gasteiger partial charge in [-0.3, -0.25) is 4.79 Å². The lowest BCUT2D eigenvalue weighted by atomic mass is 9.80. The molecule has 4 rings (SSSR count). The second kappa shape index (κ2) is 8.66. The molecule has 0 aliphatic carbocycles. The van der Waals surface area contributed by atoms with Crippen LogP contribution in [-0.4, -0.2) is 64.5 Å². The molecule has 0 unspecified atom stereocenters. The number of rotatable bonds is 7. The van der Waals surface area contributed by atoms with Gasteiger partial charge in [-0.15, -0.1) is 0 Å². The van der Waals surface area contributed by atoms with Crippen molar-refractivity contribution in [2.45, 2.75) is 24.5 Å². The first-order chi connectivity index (χ1) is 14.6. The van der Waals surface area contributed by atoms with Gasteiger partial charge in [0.2, 0.25) is 0 Å². The highest BCUT2D eigenvalue weighted by atomic mass is 16.5. The van der Waals surface area contributed by atoms with Crippen molar-refractivity contribution in [3.05, 3.63) is 59.7 Å². The number of methoxy groups -OCH3 is 2. The van der Waals surface area contributed by atoms with Crippen molar-refractivity contribution < 1.29 is 19.0 Å². The van der Waals surface area contributed by atoms with Gasteiger partial charge >= 0.3 is 0 Å². The van der Waals surface area contributed by atoms with E-state index < -0.39 is 6.10 Å². The van der Waals surface area contributed by atoms with E-state index >= 15 is 0 Å². The molecular weight excluding hydrogens is 380 g/mol. The Hall–Kier alpha value is -2.57. The van der Waals surface area contributed by atoms with E-state index in [4.69, 9.17) is 14.2 Å². The van der Waals surface area contributed by atoms with Crippen LogP contribution in [0, 0.1) is 0 Å². The maximum absolute atomic E-state index is 12.9. The molecule has 2 aliphatic heterocycles. The van der Waals surface area contributed by atoms with Crippen LogP contribution in [0.1, 0.15) is 17.5 Å². The van der Waals surface area contributed by atoms with Crippen molar-refractivity contribution in [3.8, 4) is 5.75 Å². The lowest BCUT2D eigenvalue weighted by molar-refractivity contribution is -0.140. The number of hydrogen-bond acceptors (Lipinski definition) is 5. The number of benzene rings is 2. The summed E-state index contributed by atoms with van der Waals surface area (Å²) in [5.74, 6) is 0.898. The number of para-hydroxylation sites is 1. The van der Waals surface area contributed by atoms with Gasteiger partial charge in [-0.25, -0.2) is 0 Å². The Morgan fingerprint density at radius 3 is 2.70 bits per heavy atom. The topological polar surface area (TPSA) is 51.2 Å². The fraction of sp³-hybridized carbons (Fsp3) is 0.458. The summed E-state index contributed by atoms with van der Waals surface area (Å²) in [4.78, 5) is 17.0. The van der Waals surface area contributed by atoms with Crippen molar-refractivity contribution in [1.82, 2.24) is 4.90 Å². The van der Waals surface area contributed by atoms with Crippen LogP contribution in [0.4, 0.5) is 5.69 Å². The van der Waals surface area contributed by atoms with Crippen LogP contribution >= 0.6 is 0 Å². The minimum Gasteiger partial charge on any atom is -0.497 e. The van der Waals surface area contributed by atoms with Gasteiger partial charge in [0.15, 0.2) is 0 Å².